The zero-order valence-corrected chi connectivity index (χ0v) is 18.3. The van der Waals surface area contributed by atoms with Crippen molar-refractivity contribution < 1.29 is 9.18 Å². The third kappa shape index (κ3) is 5.16. The van der Waals surface area contributed by atoms with Crippen LogP contribution in [-0.4, -0.2) is 41.6 Å². The first kappa shape index (κ1) is 21.6. The summed E-state index contributed by atoms with van der Waals surface area (Å²) in [5, 5.41) is 4.23. The fourth-order valence-electron chi connectivity index (χ4n) is 4.74. The molecule has 1 atom stereocenters. The van der Waals surface area contributed by atoms with Crippen molar-refractivity contribution in [3.05, 3.63) is 71.7 Å². The van der Waals surface area contributed by atoms with Crippen molar-refractivity contribution in [2.75, 3.05) is 26.2 Å². The molecule has 1 unspecified atom stereocenters. The van der Waals surface area contributed by atoms with Crippen LogP contribution in [0.3, 0.4) is 0 Å². The van der Waals surface area contributed by atoms with Crippen LogP contribution in [0, 0.1) is 5.82 Å². The fraction of sp³-hybridized carbons (Fsp3) is 0.423. The molecule has 0 spiro atoms. The Balaban J connectivity index is 1.55. The van der Waals surface area contributed by atoms with Gasteiger partial charge in [-0.3, -0.25) is 4.79 Å². The Hall–Kier alpha value is -2.66. The van der Waals surface area contributed by atoms with E-state index in [0.717, 1.165) is 48.2 Å². The number of halogens is 1. The van der Waals surface area contributed by atoms with E-state index in [1.54, 1.807) is 12.1 Å². The zero-order valence-electron chi connectivity index (χ0n) is 18.3. The summed E-state index contributed by atoms with van der Waals surface area (Å²) in [7, 11) is 0. The molecule has 5 heteroatoms. The van der Waals surface area contributed by atoms with Gasteiger partial charge in [0.2, 0.25) is 5.91 Å². The van der Waals surface area contributed by atoms with Gasteiger partial charge in [0.05, 0.1) is 0 Å². The number of nitrogens with one attached hydrogen (secondary N) is 1. The number of hydrogen-bond acceptors (Lipinski definition) is 2. The molecule has 1 aliphatic heterocycles. The summed E-state index contributed by atoms with van der Waals surface area (Å²) in [6.07, 6.45) is 6.24. The van der Waals surface area contributed by atoms with Crippen molar-refractivity contribution in [3.8, 4) is 0 Å². The summed E-state index contributed by atoms with van der Waals surface area (Å²) >= 11 is 0. The zero-order chi connectivity index (χ0) is 21.6. The molecule has 3 aromatic rings. The lowest BCUT2D eigenvalue weighted by Gasteiger charge is -2.26. The minimum absolute atomic E-state index is 0.0135. The topological polar surface area (TPSA) is 37.3 Å². The number of likely N-dealkylation sites (tertiary alicyclic amines) is 1. The van der Waals surface area contributed by atoms with E-state index in [4.69, 9.17) is 0 Å². The van der Waals surface area contributed by atoms with Gasteiger partial charge in [0.25, 0.3) is 0 Å². The molecule has 31 heavy (non-hydrogen) atoms. The van der Waals surface area contributed by atoms with E-state index in [1.807, 2.05) is 18.2 Å². The van der Waals surface area contributed by atoms with Gasteiger partial charge >= 0.3 is 0 Å². The molecular weight excluding hydrogens is 389 g/mol. The molecule has 1 aromatic heterocycles. The Morgan fingerprint density at radius 1 is 1.10 bits per heavy atom. The van der Waals surface area contributed by atoms with Crippen LogP contribution in [0.4, 0.5) is 4.39 Å². The number of carbonyl (C=O) groups is 1. The maximum Gasteiger partial charge on any atom is 0.220 e. The lowest BCUT2D eigenvalue weighted by Crippen LogP contribution is -2.38. The maximum atomic E-state index is 14.1. The van der Waals surface area contributed by atoms with Crippen LogP contribution < -0.4 is 5.32 Å². The van der Waals surface area contributed by atoms with Gasteiger partial charge in [0.1, 0.15) is 5.82 Å². The Kier molecular flexibility index (Phi) is 7.03. The lowest BCUT2D eigenvalue weighted by atomic mass is 9.88. The molecule has 0 radical (unpaired) electrons. The van der Waals surface area contributed by atoms with E-state index in [0.29, 0.717) is 13.0 Å². The predicted molar refractivity (Wildman–Crippen MR) is 124 cm³/mol. The molecular formula is C26H32FN3O. The van der Waals surface area contributed by atoms with Crippen LogP contribution in [0.15, 0.2) is 54.7 Å². The van der Waals surface area contributed by atoms with E-state index < -0.39 is 0 Å². The number of nitrogens with zero attached hydrogens (tertiary/aromatic N) is 2. The molecule has 1 fully saturated rings. The van der Waals surface area contributed by atoms with Crippen LogP contribution in [0.1, 0.15) is 49.7 Å². The Morgan fingerprint density at radius 3 is 2.68 bits per heavy atom. The van der Waals surface area contributed by atoms with Crippen LogP contribution in [0.25, 0.3) is 10.9 Å². The average molecular weight is 422 g/mol. The number of amides is 1. The van der Waals surface area contributed by atoms with E-state index in [2.05, 4.69) is 40.0 Å². The van der Waals surface area contributed by atoms with E-state index >= 15 is 0 Å². The number of aryl methyl sites for hydroxylation is 1. The Labute approximate surface area is 184 Å². The fourth-order valence-corrected chi connectivity index (χ4v) is 4.74. The first-order valence-corrected chi connectivity index (χ1v) is 11.5. The smallest absolute Gasteiger partial charge is 0.220 e. The van der Waals surface area contributed by atoms with Crippen LogP contribution in [0.5, 0.6) is 0 Å². The van der Waals surface area contributed by atoms with Crippen molar-refractivity contribution in [1.29, 1.82) is 0 Å². The molecule has 1 N–H and O–H groups in total. The second-order valence-corrected chi connectivity index (χ2v) is 8.45. The molecule has 0 bridgehead atoms. The molecule has 4 rings (SSSR count). The van der Waals surface area contributed by atoms with Crippen LogP contribution >= 0.6 is 0 Å². The Morgan fingerprint density at radius 2 is 1.90 bits per heavy atom. The minimum atomic E-state index is -0.271. The molecule has 1 aliphatic rings. The number of piperidine rings is 1. The summed E-state index contributed by atoms with van der Waals surface area (Å²) in [5.41, 5.74) is 3.06. The number of benzene rings is 2. The first-order valence-electron chi connectivity index (χ1n) is 11.5. The van der Waals surface area contributed by atoms with Crippen molar-refractivity contribution in [3.63, 3.8) is 0 Å². The number of fused-ring (bicyclic) bond motifs is 1. The monoisotopic (exact) mass is 421 g/mol. The van der Waals surface area contributed by atoms with Crippen molar-refractivity contribution in [2.45, 2.75) is 45.1 Å². The minimum Gasteiger partial charge on any atom is -0.355 e. The quantitative estimate of drug-likeness (QED) is 0.560. The third-order valence-electron chi connectivity index (χ3n) is 6.37. The highest BCUT2D eigenvalue weighted by Crippen LogP contribution is 2.35. The normalized spacial score (nSPS) is 15.8. The van der Waals surface area contributed by atoms with E-state index in [-0.39, 0.29) is 17.6 Å². The lowest BCUT2D eigenvalue weighted by molar-refractivity contribution is -0.121. The third-order valence-corrected chi connectivity index (χ3v) is 6.37. The number of aromatic nitrogens is 1. The molecule has 164 valence electrons. The number of rotatable bonds is 8. The summed E-state index contributed by atoms with van der Waals surface area (Å²) in [6.45, 7) is 6.76. The van der Waals surface area contributed by atoms with E-state index in [1.165, 1.54) is 25.3 Å². The maximum absolute atomic E-state index is 14.1. The summed E-state index contributed by atoms with van der Waals surface area (Å²) in [4.78, 5) is 15.3. The van der Waals surface area contributed by atoms with Gasteiger partial charge in [0, 0.05) is 49.1 Å². The first-order chi connectivity index (χ1) is 15.2. The molecule has 2 heterocycles. The molecule has 4 nitrogen and oxygen atoms in total. The van der Waals surface area contributed by atoms with Gasteiger partial charge in [-0.25, -0.2) is 4.39 Å². The number of hydrogen-bond donors (Lipinski definition) is 1. The molecule has 1 saturated heterocycles. The SMILES string of the molecule is CCn1cc(C(CC(=O)NCCN2CCCCC2)c2cccc(F)c2)c2ccccc21. The predicted octanol–water partition coefficient (Wildman–Crippen LogP) is 4.92. The summed E-state index contributed by atoms with van der Waals surface area (Å²) in [6, 6.07) is 14.9. The van der Waals surface area contributed by atoms with E-state index in [9.17, 15) is 9.18 Å². The second kappa shape index (κ2) is 10.1. The van der Waals surface area contributed by atoms with Crippen molar-refractivity contribution >= 4 is 16.8 Å². The number of para-hydroxylation sites is 1. The summed E-state index contributed by atoms with van der Waals surface area (Å²) < 4.78 is 16.3. The highest BCUT2D eigenvalue weighted by molar-refractivity contribution is 5.86. The largest absolute Gasteiger partial charge is 0.355 e. The number of carbonyl (C=O) groups excluding carboxylic acids is 1. The van der Waals surface area contributed by atoms with Crippen LogP contribution in [-0.2, 0) is 11.3 Å². The van der Waals surface area contributed by atoms with Gasteiger partial charge in [-0.1, -0.05) is 36.8 Å². The van der Waals surface area contributed by atoms with Gasteiger partial charge < -0.3 is 14.8 Å². The molecule has 0 saturated carbocycles. The highest BCUT2D eigenvalue weighted by atomic mass is 19.1. The standard InChI is InChI=1S/C26H32FN3O/c1-2-30-19-24(22-11-4-5-12-25(22)30)23(20-9-8-10-21(27)17-20)18-26(31)28-13-16-29-14-6-3-7-15-29/h4-5,8-12,17,19,23H,2-3,6-7,13-16,18H2,1H3,(H,28,31). The van der Waals surface area contributed by atoms with Gasteiger partial charge in [0.15, 0.2) is 0 Å². The highest BCUT2D eigenvalue weighted by Gasteiger charge is 2.23. The van der Waals surface area contributed by atoms with Gasteiger partial charge in [-0.2, -0.15) is 0 Å². The Bertz CT molecular complexity index is 1020. The average Bonchev–Trinajstić information content (AvgIpc) is 3.17. The summed E-state index contributed by atoms with van der Waals surface area (Å²) in [5.74, 6) is -0.449. The van der Waals surface area contributed by atoms with Crippen molar-refractivity contribution in [2.24, 2.45) is 0 Å². The molecule has 0 aliphatic carbocycles. The van der Waals surface area contributed by atoms with Gasteiger partial charge in [-0.05, 0) is 62.2 Å². The van der Waals surface area contributed by atoms with Gasteiger partial charge in [-0.15, -0.1) is 0 Å². The molecule has 1 amide bonds. The van der Waals surface area contributed by atoms with Crippen LogP contribution in [0.2, 0.25) is 0 Å². The van der Waals surface area contributed by atoms with Crippen molar-refractivity contribution in [1.82, 2.24) is 14.8 Å². The second-order valence-electron chi connectivity index (χ2n) is 8.45. The molecule has 2 aromatic carbocycles.